The predicted octanol–water partition coefficient (Wildman–Crippen LogP) is 7.89. The Balaban J connectivity index is 0.866. The van der Waals surface area contributed by atoms with Crippen LogP contribution in [0.5, 0.6) is 0 Å². The van der Waals surface area contributed by atoms with Crippen LogP contribution in [0.4, 0.5) is 0 Å². The van der Waals surface area contributed by atoms with E-state index in [1.165, 1.54) is 0 Å². The number of aryl methyl sites for hydroxylation is 1. The van der Waals surface area contributed by atoms with Gasteiger partial charge in [0.25, 0.3) is 0 Å². The molecule has 2 aliphatic heterocycles. The second-order valence-corrected chi connectivity index (χ2v) is 19.1. The number of aromatic amines is 1. The average molecular weight is 906 g/mol. The van der Waals surface area contributed by atoms with E-state index in [0.717, 1.165) is 88.0 Å². The maximum Gasteiger partial charge on any atom is 0.326 e. The molecule has 4 N–H and O–H groups in total. The van der Waals surface area contributed by atoms with E-state index in [-0.39, 0.29) is 48.4 Å². The highest BCUT2D eigenvalue weighted by Gasteiger charge is 2.34. The fraction of sp³-hybridized carbons (Fsp3) is 0.283. The quantitative estimate of drug-likeness (QED) is 0.0811. The van der Waals surface area contributed by atoms with Gasteiger partial charge in [-0.25, -0.2) is 13.2 Å². The normalized spacial score (nSPS) is 18.8. The minimum atomic E-state index is -3.97. The number of carbonyl (C=O) groups is 1. The summed E-state index contributed by atoms with van der Waals surface area (Å²) in [5.41, 5.74) is 9.06. The zero-order valence-electron chi connectivity index (χ0n) is 36.9. The van der Waals surface area contributed by atoms with Crippen LogP contribution in [0.2, 0.25) is 0 Å². The van der Waals surface area contributed by atoms with Gasteiger partial charge in [-0.3, -0.25) is 9.36 Å². The van der Waals surface area contributed by atoms with Gasteiger partial charge in [0.2, 0.25) is 15.9 Å². The SMILES string of the molecule is Cc1ccc(S(=O)(=O)NC(Cc2ccccc2)C(=O)NCc2cccc(-c3ccc(C4OC(CN5CCC(n6c(=O)[nH]c7ccccc76)CC5)CC(c5ccc(CO)cc5)O4)cc3)c2)cc1. The van der Waals surface area contributed by atoms with E-state index in [2.05, 4.69) is 19.9 Å². The number of amides is 1. The summed E-state index contributed by atoms with van der Waals surface area (Å²) in [5, 5.41) is 12.7. The van der Waals surface area contributed by atoms with Crippen molar-refractivity contribution >= 4 is 27.0 Å². The number of sulfonamides is 1. The molecule has 12 nitrogen and oxygen atoms in total. The van der Waals surface area contributed by atoms with Crippen molar-refractivity contribution in [2.75, 3.05) is 19.6 Å². The van der Waals surface area contributed by atoms with E-state index >= 15 is 0 Å². The highest BCUT2D eigenvalue weighted by atomic mass is 32.2. The summed E-state index contributed by atoms with van der Waals surface area (Å²) < 4.78 is 44.8. The number of nitrogens with zero attached hydrogens (tertiary/aromatic N) is 2. The molecule has 13 heteroatoms. The van der Waals surface area contributed by atoms with Gasteiger partial charge in [0, 0.05) is 44.2 Å². The van der Waals surface area contributed by atoms with Crippen molar-refractivity contribution in [3.8, 4) is 11.1 Å². The molecule has 0 radical (unpaired) electrons. The van der Waals surface area contributed by atoms with Gasteiger partial charge in [-0.15, -0.1) is 0 Å². The second kappa shape index (κ2) is 20.1. The summed E-state index contributed by atoms with van der Waals surface area (Å²) in [4.78, 5) is 32.2. The summed E-state index contributed by atoms with van der Waals surface area (Å²) in [6.07, 6.45) is 1.63. The van der Waals surface area contributed by atoms with Crippen molar-refractivity contribution in [1.82, 2.24) is 24.5 Å². The Kier molecular flexibility index (Phi) is 13.7. The number of para-hydroxylation sites is 2. The number of nitrogens with one attached hydrogen (secondary N) is 3. The van der Waals surface area contributed by atoms with Crippen LogP contribution in [0, 0.1) is 6.92 Å². The van der Waals surface area contributed by atoms with E-state index in [9.17, 15) is 23.1 Å². The first-order valence-corrected chi connectivity index (χ1v) is 24.1. The summed E-state index contributed by atoms with van der Waals surface area (Å²) in [6, 6.07) is 46.8. The predicted molar refractivity (Wildman–Crippen MR) is 255 cm³/mol. The number of benzene rings is 6. The van der Waals surface area contributed by atoms with Gasteiger partial charge < -0.3 is 29.8 Å². The van der Waals surface area contributed by atoms with Crippen molar-refractivity contribution in [2.24, 2.45) is 0 Å². The molecule has 4 unspecified atom stereocenters. The van der Waals surface area contributed by atoms with Crippen molar-refractivity contribution in [1.29, 1.82) is 0 Å². The number of aromatic nitrogens is 2. The number of piperidine rings is 1. The van der Waals surface area contributed by atoms with Crippen LogP contribution in [-0.2, 0) is 43.9 Å². The molecule has 2 aliphatic rings. The molecule has 0 spiro atoms. The number of rotatable bonds is 15. The molecule has 6 aromatic carbocycles. The standard InChI is InChI=1S/C53H55N5O7S/c1-36-14-24-46(25-15-36)66(62,63)56-48(31-37-8-3-2-4-9-37)51(60)54-33-39-10-7-11-43(30-39)40-20-22-42(23-21-40)52-64-45(32-50(65-52)41-18-16-38(35-59)17-19-41)34-57-28-26-44(27-29-57)58-49-13-6-5-12-47(49)55-53(58)61/h2-25,30,44-45,48,50,52,56,59H,26-29,31-35H2,1H3,(H,54,60)(H,55,61). The van der Waals surface area contributed by atoms with Gasteiger partial charge in [-0.2, -0.15) is 4.72 Å². The molecule has 7 aromatic rings. The zero-order chi connectivity index (χ0) is 45.6. The van der Waals surface area contributed by atoms with Gasteiger partial charge in [0.1, 0.15) is 6.04 Å². The fourth-order valence-electron chi connectivity index (χ4n) is 9.13. The molecule has 0 bridgehead atoms. The highest BCUT2D eigenvalue weighted by Crippen LogP contribution is 2.39. The van der Waals surface area contributed by atoms with Crippen LogP contribution in [0.25, 0.3) is 22.2 Å². The van der Waals surface area contributed by atoms with E-state index < -0.39 is 28.3 Å². The number of aliphatic hydroxyl groups is 1. The van der Waals surface area contributed by atoms with Crippen LogP contribution in [0.1, 0.15) is 71.1 Å². The zero-order valence-corrected chi connectivity index (χ0v) is 37.7. The average Bonchev–Trinajstić information content (AvgIpc) is 3.69. The molecule has 9 rings (SSSR count). The molecule has 340 valence electrons. The molecule has 3 heterocycles. The summed E-state index contributed by atoms with van der Waals surface area (Å²) >= 11 is 0. The van der Waals surface area contributed by atoms with Crippen molar-refractivity contribution in [3.05, 3.63) is 196 Å². The van der Waals surface area contributed by atoms with Crippen molar-refractivity contribution in [3.63, 3.8) is 0 Å². The number of aliphatic hydroxyl groups excluding tert-OH is 1. The lowest BCUT2D eigenvalue weighted by Crippen LogP contribution is -2.47. The summed E-state index contributed by atoms with van der Waals surface area (Å²) in [7, 11) is -3.97. The van der Waals surface area contributed by atoms with Crippen LogP contribution in [0.3, 0.4) is 0 Å². The third-order valence-corrected chi connectivity index (χ3v) is 14.2. The maximum absolute atomic E-state index is 13.7. The maximum atomic E-state index is 13.7. The van der Waals surface area contributed by atoms with Crippen LogP contribution in [-0.4, -0.2) is 65.7 Å². The van der Waals surface area contributed by atoms with Gasteiger partial charge in [0.15, 0.2) is 6.29 Å². The summed E-state index contributed by atoms with van der Waals surface area (Å²) in [6.45, 7) is 4.48. The Labute approximate surface area is 385 Å². The molecular weight excluding hydrogens is 851 g/mol. The Morgan fingerprint density at radius 3 is 2.21 bits per heavy atom. The van der Waals surface area contributed by atoms with E-state index in [1.54, 1.807) is 24.3 Å². The number of ether oxygens (including phenoxy) is 2. The largest absolute Gasteiger partial charge is 0.392 e. The lowest BCUT2D eigenvalue weighted by atomic mass is 9.98. The summed E-state index contributed by atoms with van der Waals surface area (Å²) in [5.74, 6) is -0.426. The first-order chi connectivity index (χ1) is 32.1. The Morgan fingerprint density at radius 2 is 1.47 bits per heavy atom. The third kappa shape index (κ3) is 10.6. The van der Waals surface area contributed by atoms with Crippen molar-refractivity contribution < 1.29 is 27.8 Å². The molecule has 2 fully saturated rings. The Hall–Kier alpha value is -6.19. The second-order valence-electron chi connectivity index (χ2n) is 17.4. The first-order valence-electron chi connectivity index (χ1n) is 22.6. The van der Waals surface area contributed by atoms with Gasteiger partial charge >= 0.3 is 5.69 Å². The molecule has 4 atom stereocenters. The monoisotopic (exact) mass is 905 g/mol. The minimum Gasteiger partial charge on any atom is -0.392 e. The van der Waals surface area contributed by atoms with Gasteiger partial charge in [-0.1, -0.05) is 127 Å². The Bertz CT molecular complexity index is 2910. The van der Waals surface area contributed by atoms with Crippen molar-refractivity contribution in [2.45, 2.75) is 81.2 Å². The molecule has 1 aromatic heterocycles. The lowest BCUT2D eigenvalue weighted by Gasteiger charge is -2.40. The van der Waals surface area contributed by atoms with E-state index in [0.29, 0.717) is 6.42 Å². The van der Waals surface area contributed by atoms with Gasteiger partial charge in [0.05, 0.1) is 34.7 Å². The number of H-pyrrole nitrogens is 1. The number of hydrogen-bond acceptors (Lipinski definition) is 8. The van der Waals surface area contributed by atoms with Gasteiger partial charge in [-0.05, 0) is 89.9 Å². The molecule has 0 saturated carbocycles. The number of carbonyl (C=O) groups excluding carboxylic acids is 1. The van der Waals surface area contributed by atoms with Crippen LogP contribution < -0.4 is 15.7 Å². The topological polar surface area (TPSA) is 155 Å². The molecular formula is C53H55N5O7S. The Morgan fingerprint density at radius 1 is 0.773 bits per heavy atom. The molecule has 66 heavy (non-hydrogen) atoms. The molecule has 0 aliphatic carbocycles. The number of imidazole rings is 1. The van der Waals surface area contributed by atoms with Crippen LogP contribution in [0.15, 0.2) is 161 Å². The first kappa shape index (κ1) is 45.0. The minimum absolute atomic E-state index is 0.0290. The smallest absolute Gasteiger partial charge is 0.326 e. The molecule has 2 saturated heterocycles. The number of hydrogen-bond donors (Lipinski definition) is 4. The van der Waals surface area contributed by atoms with E-state index in [1.807, 2.05) is 139 Å². The van der Waals surface area contributed by atoms with E-state index in [4.69, 9.17) is 9.47 Å². The number of likely N-dealkylation sites (tertiary alicyclic amines) is 1. The third-order valence-electron chi connectivity index (χ3n) is 12.8. The molecule has 1 amide bonds. The van der Waals surface area contributed by atoms with Crippen LogP contribution >= 0.6 is 0 Å². The number of fused-ring (bicyclic) bond motifs is 1. The lowest BCUT2D eigenvalue weighted by molar-refractivity contribution is -0.253. The highest BCUT2D eigenvalue weighted by molar-refractivity contribution is 7.89. The fourth-order valence-corrected chi connectivity index (χ4v) is 10.3.